The van der Waals surface area contributed by atoms with Crippen molar-refractivity contribution < 1.29 is 13.2 Å². The van der Waals surface area contributed by atoms with Crippen LogP contribution in [-0.4, -0.2) is 44.8 Å². The van der Waals surface area contributed by atoms with Crippen molar-refractivity contribution in [3.63, 3.8) is 0 Å². The molecular weight excluding hydrogens is 382 g/mol. The third-order valence-electron chi connectivity index (χ3n) is 4.75. The molecule has 1 aliphatic rings. The average molecular weight is 408 g/mol. The standard InChI is InChI=1S/C19H25N3O3S2/c1-3-22(4-2)27(24,25)15-9-10-17(21-11-5-6-12-21)16(14-15)20-19(23)18-8-7-13-26-18/h7-10,13-14H,3-6,11-12H2,1-2H3,(H,20,23). The number of carbonyl (C=O) groups excluding carboxylic acids is 1. The summed E-state index contributed by atoms with van der Waals surface area (Å²) in [7, 11) is -3.59. The minimum absolute atomic E-state index is 0.204. The lowest BCUT2D eigenvalue weighted by Crippen LogP contribution is -2.31. The van der Waals surface area contributed by atoms with Gasteiger partial charge in [-0.05, 0) is 42.5 Å². The number of nitrogens with zero attached hydrogens (tertiary/aromatic N) is 2. The Morgan fingerprint density at radius 1 is 1.19 bits per heavy atom. The lowest BCUT2D eigenvalue weighted by Gasteiger charge is -2.24. The molecule has 8 heteroatoms. The van der Waals surface area contributed by atoms with E-state index in [9.17, 15) is 13.2 Å². The smallest absolute Gasteiger partial charge is 0.265 e. The van der Waals surface area contributed by atoms with Gasteiger partial charge in [0.15, 0.2) is 0 Å². The Labute approximate surface area is 164 Å². The van der Waals surface area contributed by atoms with Gasteiger partial charge < -0.3 is 10.2 Å². The molecule has 1 aromatic carbocycles. The molecule has 0 aliphatic carbocycles. The topological polar surface area (TPSA) is 69.7 Å². The van der Waals surface area contributed by atoms with E-state index in [0.717, 1.165) is 31.6 Å². The van der Waals surface area contributed by atoms with Crippen molar-refractivity contribution in [3.05, 3.63) is 40.6 Å². The highest BCUT2D eigenvalue weighted by molar-refractivity contribution is 7.89. The summed E-state index contributed by atoms with van der Waals surface area (Å²) in [6.07, 6.45) is 2.19. The number of anilines is 2. The van der Waals surface area contributed by atoms with Crippen LogP contribution < -0.4 is 10.2 Å². The number of hydrogen-bond donors (Lipinski definition) is 1. The maximum atomic E-state index is 12.9. The van der Waals surface area contributed by atoms with E-state index in [1.165, 1.54) is 15.6 Å². The third kappa shape index (κ3) is 4.17. The molecular formula is C19H25N3O3S2. The second kappa shape index (κ2) is 8.41. The van der Waals surface area contributed by atoms with Gasteiger partial charge in [0.1, 0.15) is 0 Å². The van der Waals surface area contributed by atoms with Crippen LogP contribution in [0.3, 0.4) is 0 Å². The first kappa shape index (κ1) is 19.9. The van der Waals surface area contributed by atoms with Gasteiger partial charge in [-0.15, -0.1) is 11.3 Å². The molecule has 1 aromatic heterocycles. The van der Waals surface area contributed by atoms with Crippen molar-refractivity contribution in [1.29, 1.82) is 0 Å². The van der Waals surface area contributed by atoms with Crippen LogP contribution in [0.15, 0.2) is 40.6 Å². The first-order valence-corrected chi connectivity index (χ1v) is 11.5. The SMILES string of the molecule is CCN(CC)S(=O)(=O)c1ccc(N2CCCC2)c(NC(=O)c2cccs2)c1. The first-order valence-electron chi connectivity index (χ1n) is 9.21. The van der Waals surface area contributed by atoms with Crippen LogP contribution >= 0.6 is 11.3 Å². The minimum atomic E-state index is -3.59. The number of hydrogen-bond acceptors (Lipinski definition) is 5. The zero-order chi connectivity index (χ0) is 19.4. The Morgan fingerprint density at radius 3 is 2.48 bits per heavy atom. The summed E-state index contributed by atoms with van der Waals surface area (Å²) in [4.78, 5) is 15.6. The molecule has 0 saturated carbocycles. The molecule has 1 aliphatic heterocycles. The molecule has 0 spiro atoms. The van der Waals surface area contributed by atoms with Crippen molar-refractivity contribution in [2.45, 2.75) is 31.6 Å². The quantitative estimate of drug-likeness (QED) is 0.761. The average Bonchev–Trinajstić information content (AvgIpc) is 3.36. The number of benzene rings is 1. The van der Waals surface area contributed by atoms with E-state index in [-0.39, 0.29) is 10.8 Å². The van der Waals surface area contributed by atoms with E-state index in [1.54, 1.807) is 18.2 Å². The van der Waals surface area contributed by atoms with Crippen molar-refractivity contribution in [2.24, 2.45) is 0 Å². The molecule has 1 fully saturated rings. The summed E-state index contributed by atoms with van der Waals surface area (Å²) in [5.74, 6) is -0.220. The minimum Gasteiger partial charge on any atom is -0.370 e. The Balaban J connectivity index is 2.00. The Hall–Kier alpha value is -1.90. The van der Waals surface area contributed by atoms with Crippen LogP contribution in [0.2, 0.25) is 0 Å². The molecule has 1 N–H and O–H groups in total. The zero-order valence-electron chi connectivity index (χ0n) is 15.6. The Morgan fingerprint density at radius 2 is 1.89 bits per heavy atom. The number of nitrogens with one attached hydrogen (secondary N) is 1. The number of rotatable bonds is 7. The normalized spacial score (nSPS) is 14.7. The number of thiophene rings is 1. The third-order valence-corrected chi connectivity index (χ3v) is 7.67. The zero-order valence-corrected chi connectivity index (χ0v) is 17.3. The molecule has 0 unspecified atom stereocenters. The van der Waals surface area contributed by atoms with E-state index in [0.29, 0.717) is 23.7 Å². The van der Waals surface area contributed by atoms with Gasteiger partial charge in [-0.2, -0.15) is 4.31 Å². The molecule has 2 aromatic rings. The highest BCUT2D eigenvalue weighted by Gasteiger charge is 2.25. The lowest BCUT2D eigenvalue weighted by atomic mass is 10.2. The predicted octanol–water partition coefficient (Wildman–Crippen LogP) is 3.63. The fourth-order valence-corrected chi connectivity index (χ4v) is 5.42. The highest BCUT2D eigenvalue weighted by Crippen LogP contribution is 2.33. The van der Waals surface area contributed by atoms with Crippen LogP contribution in [-0.2, 0) is 10.0 Å². The van der Waals surface area contributed by atoms with Crippen molar-refractivity contribution >= 4 is 38.6 Å². The Kier molecular flexibility index (Phi) is 6.18. The molecule has 0 radical (unpaired) electrons. The van der Waals surface area contributed by atoms with E-state index in [2.05, 4.69) is 10.2 Å². The van der Waals surface area contributed by atoms with Crippen LogP contribution in [0.4, 0.5) is 11.4 Å². The second-order valence-corrected chi connectivity index (χ2v) is 9.28. The van der Waals surface area contributed by atoms with Crippen LogP contribution in [0.1, 0.15) is 36.4 Å². The molecule has 1 saturated heterocycles. The van der Waals surface area contributed by atoms with E-state index in [4.69, 9.17) is 0 Å². The maximum absolute atomic E-state index is 12.9. The van der Waals surface area contributed by atoms with E-state index < -0.39 is 10.0 Å². The molecule has 146 valence electrons. The summed E-state index contributed by atoms with van der Waals surface area (Å²) in [6.45, 7) is 6.26. The van der Waals surface area contributed by atoms with Gasteiger partial charge >= 0.3 is 0 Å². The molecule has 0 bridgehead atoms. The summed E-state index contributed by atoms with van der Waals surface area (Å²) < 4.78 is 27.2. The summed E-state index contributed by atoms with van der Waals surface area (Å²) in [6, 6.07) is 8.62. The van der Waals surface area contributed by atoms with Crippen LogP contribution in [0, 0.1) is 0 Å². The molecule has 3 rings (SSSR count). The predicted molar refractivity (Wildman–Crippen MR) is 110 cm³/mol. The maximum Gasteiger partial charge on any atom is 0.265 e. The number of sulfonamides is 1. The number of amides is 1. The van der Waals surface area contributed by atoms with E-state index >= 15 is 0 Å². The summed E-state index contributed by atoms with van der Waals surface area (Å²) >= 11 is 1.36. The van der Waals surface area contributed by atoms with Crippen molar-refractivity contribution in [3.8, 4) is 0 Å². The van der Waals surface area contributed by atoms with Crippen LogP contribution in [0.5, 0.6) is 0 Å². The van der Waals surface area contributed by atoms with Gasteiger partial charge in [0.2, 0.25) is 10.0 Å². The van der Waals surface area contributed by atoms with Gasteiger partial charge in [-0.25, -0.2) is 8.42 Å². The monoisotopic (exact) mass is 407 g/mol. The fourth-order valence-electron chi connectivity index (χ4n) is 3.31. The first-order chi connectivity index (χ1) is 13.0. The van der Waals surface area contributed by atoms with Crippen molar-refractivity contribution in [2.75, 3.05) is 36.4 Å². The fraction of sp³-hybridized carbons (Fsp3) is 0.421. The summed E-state index contributed by atoms with van der Waals surface area (Å²) in [5.41, 5.74) is 1.42. The second-order valence-electron chi connectivity index (χ2n) is 6.39. The highest BCUT2D eigenvalue weighted by atomic mass is 32.2. The molecule has 1 amide bonds. The lowest BCUT2D eigenvalue weighted by molar-refractivity contribution is 0.103. The molecule has 2 heterocycles. The molecule has 6 nitrogen and oxygen atoms in total. The van der Waals surface area contributed by atoms with Gasteiger partial charge in [0, 0.05) is 26.2 Å². The van der Waals surface area contributed by atoms with E-state index in [1.807, 2.05) is 31.4 Å². The largest absolute Gasteiger partial charge is 0.370 e. The van der Waals surface area contributed by atoms with Gasteiger partial charge in [0.25, 0.3) is 5.91 Å². The van der Waals surface area contributed by atoms with Crippen LogP contribution in [0.25, 0.3) is 0 Å². The van der Waals surface area contributed by atoms with Gasteiger partial charge in [-0.3, -0.25) is 4.79 Å². The summed E-state index contributed by atoms with van der Waals surface area (Å²) in [5, 5.41) is 4.77. The van der Waals surface area contributed by atoms with Gasteiger partial charge in [0.05, 0.1) is 21.1 Å². The van der Waals surface area contributed by atoms with Crippen molar-refractivity contribution in [1.82, 2.24) is 4.31 Å². The molecule has 0 atom stereocenters. The number of carbonyl (C=O) groups is 1. The molecule has 27 heavy (non-hydrogen) atoms. The van der Waals surface area contributed by atoms with Gasteiger partial charge in [-0.1, -0.05) is 19.9 Å². The Bertz CT molecular complexity index is 885.